The Morgan fingerprint density at radius 1 is 1.42 bits per heavy atom. The molecule has 0 aromatic heterocycles. The van der Waals surface area contributed by atoms with Crippen molar-refractivity contribution in [2.24, 2.45) is 0 Å². The van der Waals surface area contributed by atoms with Crippen LogP contribution in [0.2, 0.25) is 0 Å². The van der Waals surface area contributed by atoms with Gasteiger partial charge in [0.1, 0.15) is 0 Å². The largest absolute Gasteiger partial charge is 0.263 e. The molecule has 0 saturated heterocycles. The normalized spacial score (nSPS) is 9.92. The molecule has 0 aliphatic rings. The van der Waals surface area contributed by atoms with Crippen LogP contribution in [0.5, 0.6) is 0 Å². The lowest BCUT2D eigenvalue weighted by atomic mass is 10.1. The topological polar surface area (TPSA) is 23.8 Å². The van der Waals surface area contributed by atoms with Crippen molar-refractivity contribution < 1.29 is 8.78 Å². The number of nitrogens with zero attached hydrogens (tertiary/aromatic N) is 1. The molecular formula is C9H7F2N. The molecule has 0 radical (unpaired) electrons. The summed E-state index contributed by atoms with van der Waals surface area (Å²) in [6, 6.07) is 5.94. The fourth-order valence-corrected chi connectivity index (χ4v) is 0.948. The first-order valence-electron chi connectivity index (χ1n) is 3.44. The molecule has 0 aliphatic carbocycles. The molecule has 62 valence electrons. The zero-order chi connectivity index (χ0) is 9.14. The summed E-state index contributed by atoms with van der Waals surface area (Å²) >= 11 is 0. The van der Waals surface area contributed by atoms with E-state index in [9.17, 15) is 8.78 Å². The number of aryl methyl sites for hydroxylation is 1. The minimum atomic E-state index is -2.46. The molecule has 0 spiro atoms. The van der Waals surface area contributed by atoms with Crippen molar-refractivity contribution in [2.45, 2.75) is 13.3 Å². The Morgan fingerprint density at radius 3 is 2.50 bits per heavy atom. The first-order chi connectivity index (χ1) is 5.65. The molecule has 1 nitrogen and oxygen atoms in total. The third kappa shape index (κ3) is 1.59. The van der Waals surface area contributed by atoms with E-state index in [1.807, 2.05) is 6.07 Å². The standard InChI is InChI=1S/C9H7F2N/c1-6-4-7(9(10)11)2-3-8(6)5-12/h2-4,9H,1H3. The number of alkyl halides is 2. The van der Waals surface area contributed by atoms with Gasteiger partial charge in [-0.25, -0.2) is 8.78 Å². The summed E-state index contributed by atoms with van der Waals surface area (Å²) in [5, 5.41) is 8.51. The van der Waals surface area contributed by atoms with Crippen molar-refractivity contribution in [1.82, 2.24) is 0 Å². The van der Waals surface area contributed by atoms with Crippen LogP contribution in [0.3, 0.4) is 0 Å². The third-order valence-electron chi connectivity index (χ3n) is 1.62. The number of rotatable bonds is 1. The van der Waals surface area contributed by atoms with E-state index in [4.69, 9.17) is 5.26 Å². The first-order valence-corrected chi connectivity index (χ1v) is 3.44. The fraction of sp³-hybridized carbons (Fsp3) is 0.222. The van der Waals surface area contributed by atoms with Crippen LogP contribution in [-0.4, -0.2) is 0 Å². The van der Waals surface area contributed by atoms with Crippen LogP contribution >= 0.6 is 0 Å². The summed E-state index contributed by atoms with van der Waals surface area (Å²) < 4.78 is 24.2. The van der Waals surface area contributed by atoms with Gasteiger partial charge in [-0.15, -0.1) is 0 Å². The molecule has 3 heteroatoms. The van der Waals surface area contributed by atoms with Crippen LogP contribution < -0.4 is 0 Å². The summed E-state index contributed by atoms with van der Waals surface area (Å²) in [5.41, 5.74) is 1.00. The molecule has 1 aromatic rings. The van der Waals surface area contributed by atoms with Crippen molar-refractivity contribution in [3.63, 3.8) is 0 Å². The smallest absolute Gasteiger partial charge is 0.205 e. The van der Waals surface area contributed by atoms with E-state index in [2.05, 4.69) is 0 Å². The average Bonchev–Trinajstić information content (AvgIpc) is 2.04. The van der Waals surface area contributed by atoms with Gasteiger partial charge in [0.15, 0.2) is 0 Å². The number of hydrogen-bond donors (Lipinski definition) is 0. The van der Waals surface area contributed by atoms with Gasteiger partial charge in [-0.1, -0.05) is 6.07 Å². The zero-order valence-corrected chi connectivity index (χ0v) is 6.51. The lowest BCUT2D eigenvalue weighted by Crippen LogP contribution is -1.88. The Kier molecular flexibility index (Phi) is 2.39. The summed E-state index contributed by atoms with van der Waals surface area (Å²) in [7, 11) is 0. The molecule has 0 atom stereocenters. The van der Waals surface area contributed by atoms with Gasteiger partial charge in [-0.05, 0) is 24.6 Å². The molecule has 1 aromatic carbocycles. The summed E-state index contributed by atoms with van der Waals surface area (Å²) in [5.74, 6) is 0. The lowest BCUT2D eigenvalue weighted by molar-refractivity contribution is 0.151. The molecule has 0 amide bonds. The van der Waals surface area contributed by atoms with Gasteiger partial charge in [0.2, 0.25) is 0 Å². The van der Waals surface area contributed by atoms with Crippen LogP contribution in [0.1, 0.15) is 23.1 Å². The predicted molar refractivity (Wildman–Crippen MR) is 40.9 cm³/mol. The monoisotopic (exact) mass is 167 g/mol. The highest BCUT2D eigenvalue weighted by Gasteiger charge is 2.07. The van der Waals surface area contributed by atoms with E-state index < -0.39 is 6.43 Å². The van der Waals surface area contributed by atoms with E-state index in [1.165, 1.54) is 18.2 Å². The van der Waals surface area contributed by atoms with Gasteiger partial charge in [0.25, 0.3) is 6.43 Å². The van der Waals surface area contributed by atoms with E-state index in [0.29, 0.717) is 11.1 Å². The van der Waals surface area contributed by atoms with Crippen LogP contribution in [0.4, 0.5) is 8.78 Å². The second-order valence-electron chi connectivity index (χ2n) is 2.49. The molecule has 0 bridgehead atoms. The molecule has 0 saturated carbocycles. The van der Waals surface area contributed by atoms with Crippen molar-refractivity contribution in [1.29, 1.82) is 5.26 Å². The Hall–Kier alpha value is -1.43. The third-order valence-corrected chi connectivity index (χ3v) is 1.62. The van der Waals surface area contributed by atoms with Gasteiger partial charge in [-0.2, -0.15) is 5.26 Å². The van der Waals surface area contributed by atoms with Gasteiger partial charge in [-0.3, -0.25) is 0 Å². The van der Waals surface area contributed by atoms with Gasteiger partial charge < -0.3 is 0 Å². The summed E-state index contributed by atoms with van der Waals surface area (Å²) in [4.78, 5) is 0. The maximum absolute atomic E-state index is 12.1. The highest BCUT2D eigenvalue weighted by molar-refractivity contribution is 5.39. The molecule has 0 fully saturated rings. The van der Waals surface area contributed by atoms with Crippen molar-refractivity contribution >= 4 is 0 Å². The van der Waals surface area contributed by atoms with Crippen LogP contribution in [0, 0.1) is 18.3 Å². The minimum absolute atomic E-state index is 0.0356. The van der Waals surface area contributed by atoms with E-state index in [1.54, 1.807) is 6.92 Å². The molecule has 0 N–H and O–H groups in total. The molecule has 0 heterocycles. The Bertz CT molecular complexity index is 326. The summed E-state index contributed by atoms with van der Waals surface area (Å²) in [6.45, 7) is 1.64. The quantitative estimate of drug-likeness (QED) is 0.630. The van der Waals surface area contributed by atoms with Crippen LogP contribution in [-0.2, 0) is 0 Å². The SMILES string of the molecule is Cc1cc(C(F)F)ccc1C#N. The molecule has 1 rings (SSSR count). The fourth-order valence-electron chi connectivity index (χ4n) is 0.948. The second-order valence-corrected chi connectivity index (χ2v) is 2.49. The summed E-state index contributed by atoms with van der Waals surface area (Å²) in [6.07, 6.45) is -2.46. The van der Waals surface area contributed by atoms with E-state index >= 15 is 0 Å². The predicted octanol–water partition coefficient (Wildman–Crippen LogP) is 2.80. The van der Waals surface area contributed by atoms with Gasteiger partial charge in [0.05, 0.1) is 11.6 Å². The van der Waals surface area contributed by atoms with Crippen molar-refractivity contribution in [2.75, 3.05) is 0 Å². The first kappa shape index (κ1) is 8.66. The van der Waals surface area contributed by atoms with E-state index in [-0.39, 0.29) is 5.56 Å². The number of hydrogen-bond acceptors (Lipinski definition) is 1. The highest BCUT2D eigenvalue weighted by Crippen LogP contribution is 2.20. The molecule has 12 heavy (non-hydrogen) atoms. The van der Waals surface area contributed by atoms with Crippen molar-refractivity contribution in [3.05, 3.63) is 34.9 Å². The Labute approximate surface area is 69.2 Å². The molecule has 0 aliphatic heterocycles. The highest BCUT2D eigenvalue weighted by atomic mass is 19.3. The average molecular weight is 167 g/mol. The Balaban J connectivity index is 3.12. The molecule has 0 unspecified atom stereocenters. The number of nitriles is 1. The lowest BCUT2D eigenvalue weighted by Gasteiger charge is -2.01. The van der Waals surface area contributed by atoms with Crippen LogP contribution in [0.15, 0.2) is 18.2 Å². The van der Waals surface area contributed by atoms with Crippen LogP contribution in [0.25, 0.3) is 0 Å². The molecular weight excluding hydrogens is 160 g/mol. The minimum Gasteiger partial charge on any atom is -0.205 e. The Morgan fingerprint density at radius 2 is 2.08 bits per heavy atom. The second kappa shape index (κ2) is 3.31. The number of halogens is 2. The maximum Gasteiger partial charge on any atom is 0.263 e. The number of benzene rings is 1. The van der Waals surface area contributed by atoms with Crippen molar-refractivity contribution in [3.8, 4) is 6.07 Å². The zero-order valence-electron chi connectivity index (χ0n) is 6.51. The van der Waals surface area contributed by atoms with Gasteiger partial charge in [0, 0.05) is 5.56 Å². The van der Waals surface area contributed by atoms with Gasteiger partial charge >= 0.3 is 0 Å². The maximum atomic E-state index is 12.1. The van der Waals surface area contributed by atoms with E-state index in [0.717, 1.165) is 0 Å².